The highest BCUT2D eigenvalue weighted by Gasteiger charge is 2.13. The van der Waals surface area contributed by atoms with Crippen LogP contribution in [0.1, 0.15) is 17.3 Å². The predicted molar refractivity (Wildman–Crippen MR) is 76.1 cm³/mol. The van der Waals surface area contributed by atoms with Gasteiger partial charge >= 0.3 is 0 Å². The molecule has 0 spiro atoms. The third kappa shape index (κ3) is 3.47. The number of nitrogens with zero attached hydrogens (tertiary/aromatic N) is 3. The Bertz CT molecular complexity index is 576. The summed E-state index contributed by atoms with van der Waals surface area (Å²) < 4.78 is 0.735. The maximum Gasteiger partial charge on any atom is 0.260 e. The lowest BCUT2D eigenvalue weighted by atomic mass is 10.2. The third-order valence-corrected chi connectivity index (χ3v) is 2.69. The molecule has 2 N–H and O–H groups in total. The maximum atomic E-state index is 12.2. The zero-order valence-electron chi connectivity index (χ0n) is 10.2. The lowest BCUT2D eigenvalue weighted by molar-refractivity contribution is 0.102. The molecule has 0 aliphatic carbocycles. The fraction of sp³-hybridized carbons (Fsp3) is 0.167. The lowest BCUT2D eigenvalue weighted by Crippen LogP contribution is -2.16. The predicted octanol–water partition coefficient (Wildman–Crippen LogP) is 2.32. The van der Waals surface area contributed by atoms with E-state index in [0.717, 1.165) is 4.47 Å². The molecule has 7 heteroatoms. The summed E-state index contributed by atoms with van der Waals surface area (Å²) in [6.07, 6.45) is 3.18. The number of pyridine rings is 1. The van der Waals surface area contributed by atoms with Crippen LogP contribution in [0.15, 0.2) is 35.1 Å². The summed E-state index contributed by atoms with van der Waals surface area (Å²) in [5, 5.41) is 13.2. The molecule has 0 bridgehead atoms. The van der Waals surface area contributed by atoms with Gasteiger partial charge in [-0.05, 0) is 41.1 Å². The van der Waals surface area contributed by atoms with Crippen molar-refractivity contribution in [3.63, 3.8) is 0 Å². The van der Waals surface area contributed by atoms with E-state index in [0.29, 0.717) is 23.7 Å². The van der Waals surface area contributed by atoms with E-state index in [1.807, 2.05) is 6.92 Å². The van der Waals surface area contributed by atoms with Crippen LogP contribution < -0.4 is 10.6 Å². The average molecular weight is 322 g/mol. The van der Waals surface area contributed by atoms with Crippen molar-refractivity contribution < 1.29 is 4.79 Å². The molecule has 19 heavy (non-hydrogen) atoms. The molecular formula is C12H12BrN5O. The Morgan fingerprint density at radius 1 is 1.47 bits per heavy atom. The number of carbonyl (C=O) groups excluding carboxylic acids is 1. The zero-order valence-corrected chi connectivity index (χ0v) is 11.8. The SMILES string of the molecule is CCNc1ncc(Br)cc1C(=O)Nc1cccnn1. The number of hydrogen-bond acceptors (Lipinski definition) is 5. The molecule has 0 atom stereocenters. The summed E-state index contributed by atoms with van der Waals surface area (Å²) in [6.45, 7) is 2.62. The van der Waals surface area contributed by atoms with Crippen LogP contribution in [-0.2, 0) is 0 Å². The lowest BCUT2D eigenvalue weighted by Gasteiger charge is -2.09. The molecule has 2 aromatic heterocycles. The van der Waals surface area contributed by atoms with Crippen molar-refractivity contribution in [1.82, 2.24) is 15.2 Å². The topological polar surface area (TPSA) is 79.8 Å². The van der Waals surface area contributed by atoms with Gasteiger partial charge in [0.05, 0.1) is 5.56 Å². The number of aromatic nitrogens is 3. The van der Waals surface area contributed by atoms with Gasteiger partial charge < -0.3 is 10.6 Å². The Morgan fingerprint density at radius 2 is 2.32 bits per heavy atom. The Balaban J connectivity index is 2.25. The Labute approximate surface area is 118 Å². The first-order valence-corrected chi connectivity index (χ1v) is 6.48. The summed E-state index contributed by atoms with van der Waals surface area (Å²) in [5.74, 6) is 0.646. The minimum absolute atomic E-state index is 0.287. The Kier molecular flexibility index (Phi) is 4.40. The quantitative estimate of drug-likeness (QED) is 0.903. The number of anilines is 2. The molecule has 98 valence electrons. The highest BCUT2D eigenvalue weighted by molar-refractivity contribution is 9.10. The second-order valence-electron chi connectivity index (χ2n) is 3.64. The number of hydrogen-bond donors (Lipinski definition) is 2. The highest BCUT2D eigenvalue weighted by Crippen LogP contribution is 2.19. The molecule has 0 saturated carbocycles. The average Bonchev–Trinajstić information content (AvgIpc) is 2.42. The van der Waals surface area contributed by atoms with Gasteiger partial charge in [0.25, 0.3) is 5.91 Å². The normalized spacial score (nSPS) is 10.0. The minimum atomic E-state index is -0.287. The zero-order chi connectivity index (χ0) is 13.7. The smallest absolute Gasteiger partial charge is 0.260 e. The van der Waals surface area contributed by atoms with Crippen molar-refractivity contribution in [2.75, 3.05) is 17.2 Å². The van der Waals surface area contributed by atoms with Crippen LogP contribution >= 0.6 is 15.9 Å². The van der Waals surface area contributed by atoms with E-state index in [4.69, 9.17) is 0 Å². The van der Waals surface area contributed by atoms with Crippen molar-refractivity contribution >= 4 is 33.5 Å². The molecule has 6 nitrogen and oxygen atoms in total. The number of halogens is 1. The first-order chi connectivity index (χ1) is 9.20. The molecule has 0 radical (unpaired) electrons. The first kappa shape index (κ1) is 13.4. The largest absolute Gasteiger partial charge is 0.370 e. The molecule has 1 amide bonds. The van der Waals surface area contributed by atoms with E-state index in [9.17, 15) is 4.79 Å². The van der Waals surface area contributed by atoms with Gasteiger partial charge in [-0.25, -0.2) is 4.98 Å². The maximum absolute atomic E-state index is 12.2. The molecule has 2 heterocycles. The molecule has 0 saturated heterocycles. The summed E-state index contributed by atoms with van der Waals surface area (Å²) in [5.41, 5.74) is 0.446. The molecule has 2 aromatic rings. The molecule has 2 rings (SSSR count). The Hall–Kier alpha value is -2.02. The van der Waals surface area contributed by atoms with Gasteiger partial charge in [-0.2, -0.15) is 5.10 Å². The Morgan fingerprint density at radius 3 is 3.00 bits per heavy atom. The van der Waals surface area contributed by atoms with Crippen LogP contribution in [0.3, 0.4) is 0 Å². The third-order valence-electron chi connectivity index (χ3n) is 2.26. The van der Waals surface area contributed by atoms with Gasteiger partial charge in [-0.15, -0.1) is 5.10 Å². The summed E-state index contributed by atoms with van der Waals surface area (Å²) in [6, 6.07) is 5.08. The number of rotatable bonds is 4. The molecule has 0 unspecified atom stereocenters. The van der Waals surface area contributed by atoms with E-state index in [2.05, 4.69) is 41.7 Å². The second-order valence-corrected chi connectivity index (χ2v) is 4.56. The molecule has 0 aliphatic heterocycles. The van der Waals surface area contributed by atoms with Crippen LogP contribution in [0.4, 0.5) is 11.6 Å². The van der Waals surface area contributed by atoms with Gasteiger partial charge in [-0.1, -0.05) is 0 Å². The standard InChI is InChI=1S/C12H12BrN5O/c1-2-14-11-9(6-8(13)7-15-11)12(19)17-10-4-3-5-16-18-10/h3-7H,2H2,1H3,(H,14,15)(H,17,18,19). The van der Waals surface area contributed by atoms with E-state index >= 15 is 0 Å². The number of amides is 1. The molecule has 0 fully saturated rings. The first-order valence-electron chi connectivity index (χ1n) is 5.69. The van der Waals surface area contributed by atoms with E-state index < -0.39 is 0 Å². The van der Waals surface area contributed by atoms with Crippen LogP contribution in [0.5, 0.6) is 0 Å². The van der Waals surface area contributed by atoms with E-state index in [1.165, 1.54) is 0 Å². The highest BCUT2D eigenvalue weighted by atomic mass is 79.9. The minimum Gasteiger partial charge on any atom is -0.370 e. The monoisotopic (exact) mass is 321 g/mol. The van der Waals surface area contributed by atoms with Crippen LogP contribution in [0, 0.1) is 0 Å². The van der Waals surface area contributed by atoms with Gasteiger partial charge in [0.1, 0.15) is 5.82 Å². The molecule has 0 aliphatic rings. The van der Waals surface area contributed by atoms with E-state index in [1.54, 1.807) is 30.6 Å². The summed E-state index contributed by atoms with van der Waals surface area (Å²) >= 11 is 3.30. The summed E-state index contributed by atoms with van der Waals surface area (Å²) in [7, 11) is 0. The van der Waals surface area contributed by atoms with Crippen molar-refractivity contribution in [3.8, 4) is 0 Å². The van der Waals surface area contributed by atoms with Crippen molar-refractivity contribution in [3.05, 3.63) is 40.6 Å². The van der Waals surface area contributed by atoms with Crippen molar-refractivity contribution in [2.45, 2.75) is 6.92 Å². The molecular weight excluding hydrogens is 310 g/mol. The van der Waals surface area contributed by atoms with Crippen LogP contribution in [0.2, 0.25) is 0 Å². The number of nitrogens with one attached hydrogen (secondary N) is 2. The fourth-order valence-electron chi connectivity index (χ4n) is 1.47. The van der Waals surface area contributed by atoms with Crippen LogP contribution in [-0.4, -0.2) is 27.6 Å². The van der Waals surface area contributed by atoms with Gasteiger partial charge in [-0.3, -0.25) is 4.79 Å². The van der Waals surface area contributed by atoms with Crippen LogP contribution in [0.25, 0.3) is 0 Å². The van der Waals surface area contributed by atoms with Gasteiger partial charge in [0.2, 0.25) is 0 Å². The number of carbonyl (C=O) groups is 1. The van der Waals surface area contributed by atoms with Gasteiger partial charge in [0, 0.05) is 23.4 Å². The second kappa shape index (κ2) is 6.24. The van der Waals surface area contributed by atoms with Crippen molar-refractivity contribution in [1.29, 1.82) is 0 Å². The molecule has 0 aromatic carbocycles. The fourth-order valence-corrected chi connectivity index (χ4v) is 1.80. The summed E-state index contributed by atoms with van der Waals surface area (Å²) in [4.78, 5) is 16.4. The van der Waals surface area contributed by atoms with Gasteiger partial charge in [0.15, 0.2) is 5.82 Å². The van der Waals surface area contributed by atoms with Crippen molar-refractivity contribution in [2.24, 2.45) is 0 Å². The van der Waals surface area contributed by atoms with E-state index in [-0.39, 0.29) is 5.91 Å².